The van der Waals surface area contributed by atoms with Gasteiger partial charge in [0.05, 0.1) is 16.7 Å². The molecule has 9 aromatic carbocycles. The Morgan fingerprint density at radius 2 is 0.750 bits per heavy atom. The topological polar surface area (TPSA) is 8.17 Å². The lowest BCUT2D eigenvalue weighted by atomic mass is 9.92. The second-order valence-electron chi connectivity index (χ2n) is 14.2. The molecule has 10 rings (SSSR count). The molecule has 0 unspecified atom stereocenters. The van der Waals surface area contributed by atoms with Crippen LogP contribution in [0.2, 0.25) is 0 Å². The molecule has 0 N–H and O–H groups in total. The lowest BCUT2D eigenvalue weighted by Gasteiger charge is -2.28. The standard InChI is InChI=1S/C54H38N2/c1-5-17-39(18-6-1)42-29-31-47(32-30-42)55(48-33-34-51-50-26-14-16-28-53(50)56(54(51)38-48)46-23-11-4-12-24-46)52-27-15-13-25-49(52)45-36-43(40-19-7-2-8-20-40)35-44(37-45)41-21-9-3-10-22-41/h1-38H. The molecule has 0 spiro atoms. The number of anilines is 3. The summed E-state index contributed by atoms with van der Waals surface area (Å²) in [5, 5.41) is 2.46. The number of hydrogen-bond acceptors (Lipinski definition) is 1. The Bertz CT molecular complexity index is 2870. The van der Waals surface area contributed by atoms with Crippen LogP contribution in [-0.2, 0) is 0 Å². The van der Waals surface area contributed by atoms with Crippen molar-refractivity contribution in [3.05, 3.63) is 231 Å². The van der Waals surface area contributed by atoms with Gasteiger partial charge in [0, 0.05) is 33.4 Å². The first-order chi connectivity index (χ1) is 27.8. The second kappa shape index (κ2) is 14.4. The van der Waals surface area contributed by atoms with Crippen molar-refractivity contribution in [2.45, 2.75) is 0 Å². The predicted octanol–water partition coefficient (Wildman–Crippen LogP) is 14.9. The van der Waals surface area contributed by atoms with E-state index in [1.165, 1.54) is 49.7 Å². The van der Waals surface area contributed by atoms with E-state index in [4.69, 9.17) is 0 Å². The van der Waals surface area contributed by atoms with Crippen molar-refractivity contribution in [2.75, 3.05) is 4.90 Å². The molecule has 264 valence electrons. The van der Waals surface area contributed by atoms with Crippen molar-refractivity contribution in [3.63, 3.8) is 0 Å². The third-order valence-electron chi connectivity index (χ3n) is 10.8. The van der Waals surface area contributed by atoms with Gasteiger partial charge >= 0.3 is 0 Å². The van der Waals surface area contributed by atoms with Gasteiger partial charge in [0.15, 0.2) is 0 Å². The SMILES string of the molecule is c1ccc(-c2ccc(N(c3ccc4c5ccccc5n(-c5ccccc5)c4c3)c3ccccc3-c3cc(-c4ccccc4)cc(-c4ccccc4)c3)cc2)cc1. The summed E-state index contributed by atoms with van der Waals surface area (Å²) in [5.74, 6) is 0. The zero-order valence-electron chi connectivity index (χ0n) is 30.8. The Labute approximate surface area is 327 Å². The zero-order chi connectivity index (χ0) is 37.3. The van der Waals surface area contributed by atoms with Crippen LogP contribution in [-0.4, -0.2) is 4.57 Å². The highest BCUT2D eigenvalue weighted by atomic mass is 15.1. The van der Waals surface area contributed by atoms with Gasteiger partial charge in [0.2, 0.25) is 0 Å². The molecule has 2 nitrogen and oxygen atoms in total. The largest absolute Gasteiger partial charge is 0.310 e. The minimum atomic E-state index is 1.08. The van der Waals surface area contributed by atoms with Gasteiger partial charge in [0.25, 0.3) is 0 Å². The lowest BCUT2D eigenvalue weighted by Crippen LogP contribution is -2.11. The predicted molar refractivity (Wildman–Crippen MR) is 237 cm³/mol. The Hall–Kier alpha value is -7.42. The summed E-state index contributed by atoms with van der Waals surface area (Å²) < 4.78 is 2.40. The molecular formula is C54H38N2. The number of hydrogen-bond donors (Lipinski definition) is 0. The minimum absolute atomic E-state index is 1.08. The van der Waals surface area contributed by atoms with E-state index in [0.717, 1.165) is 39.4 Å². The van der Waals surface area contributed by atoms with Crippen LogP contribution in [0.3, 0.4) is 0 Å². The second-order valence-corrected chi connectivity index (χ2v) is 14.2. The maximum atomic E-state index is 2.42. The Kier molecular flexibility index (Phi) is 8.55. The number of fused-ring (bicyclic) bond motifs is 3. The molecule has 0 saturated carbocycles. The Morgan fingerprint density at radius 1 is 0.286 bits per heavy atom. The Balaban J connectivity index is 1.21. The molecule has 0 aliphatic carbocycles. The van der Waals surface area contributed by atoms with Crippen LogP contribution in [0.1, 0.15) is 0 Å². The van der Waals surface area contributed by atoms with Crippen molar-refractivity contribution >= 4 is 38.9 Å². The average molecular weight is 715 g/mol. The van der Waals surface area contributed by atoms with Gasteiger partial charge in [-0.2, -0.15) is 0 Å². The van der Waals surface area contributed by atoms with Crippen molar-refractivity contribution in [1.29, 1.82) is 0 Å². The highest BCUT2D eigenvalue weighted by Gasteiger charge is 2.21. The van der Waals surface area contributed by atoms with Crippen LogP contribution in [0.25, 0.3) is 72.0 Å². The molecule has 0 amide bonds. The number of nitrogens with zero attached hydrogens (tertiary/aromatic N) is 2. The minimum Gasteiger partial charge on any atom is -0.310 e. The van der Waals surface area contributed by atoms with Crippen LogP contribution in [0, 0.1) is 0 Å². The summed E-state index contributed by atoms with van der Waals surface area (Å²) in [6.07, 6.45) is 0. The molecule has 0 aliphatic rings. The summed E-state index contributed by atoms with van der Waals surface area (Å²) in [6, 6.07) is 83.2. The van der Waals surface area contributed by atoms with Crippen molar-refractivity contribution in [3.8, 4) is 50.2 Å². The number of rotatable bonds is 8. The maximum Gasteiger partial charge on any atom is 0.0561 e. The van der Waals surface area contributed by atoms with Gasteiger partial charge in [-0.05, 0) is 106 Å². The van der Waals surface area contributed by atoms with E-state index in [2.05, 4.69) is 240 Å². The van der Waals surface area contributed by atoms with Crippen LogP contribution in [0.4, 0.5) is 17.1 Å². The molecular weight excluding hydrogens is 677 g/mol. The quantitative estimate of drug-likeness (QED) is 0.152. The number of aromatic nitrogens is 1. The maximum absolute atomic E-state index is 2.42. The zero-order valence-corrected chi connectivity index (χ0v) is 30.8. The molecule has 1 heterocycles. The van der Waals surface area contributed by atoms with Gasteiger partial charge in [-0.1, -0.05) is 164 Å². The lowest BCUT2D eigenvalue weighted by molar-refractivity contribution is 1.18. The van der Waals surface area contributed by atoms with Gasteiger partial charge in [-0.25, -0.2) is 0 Å². The third kappa shape index (κ3) is 6.14. The van der Waals surface area contributed by atoms with E-state index in [0.29, 0.717) is 0 Å². The number of benzene rings is 9. The molecule has 0 aliphatic heterocycles. The molecule has 2 heteroatoms. The van der Waals surface area contributed by atoms with Crippen LogP contribution in [0.15, 0.2) is 231 Å². The Morgan fingerprint density at radius 3 is 1.39 bits per heavy atom. The van der Waals surface area contributed by atoms with Crippen molar-refractivity contribution in [1.82, 2.24) is 4.57 Å². The van der Waals surface area contributed by atoms with Crippen molar-refractivity contribution in [2.24, 2.45) is 0 Å². The van der Waals surface area contributed by atoms with Crippen LogP contribution < -0.4 is 4.90 Å². The summed E-state index contributed by atoms with van der Waals surface area (Å²) in [4.78, 5) is 2.42. The van der Waals surface area contributed by atoms with Gasteiger partial charge in [-0.3, -0.25) is 0 Å². The average Bonchev–Trinajstić information content (AvgIpc) is 3.61. The summed E-state index contributed by atoms with van der Waals surface area (Å²) in [7, 11) is 0. The summed E-state index contributed by atoms with van der Waals surface area (Å²) in [5.41, 5.74) is 16.2. The summed E-state index contributed by atoms with van der Waals surface area (Å²) in [6.45, 7) is 0. The third-order valence-corrected chi connectivity index (χ3v) is 10.8. The van der Waals surface area contributed by atoms with Gasteiger partial charge in [0.1, 0.15) is 0 Å². The van der Waals surface area contributed by atoms with E-state index in [9.17, 15) is 0 Å². The fraction of sp³-hybridized carbons (Fsp3) is 0. The first-order valence-electron chi connectivity index (χ1n) is 19.2. The molecule has 56 heavy (non-hydrogen) atoms. The first-order valence-corrected chi connectivity index (χ1v) is 19.2. The van der Waals surface area contributed by atoms with E-state index in [1.807, 2.05) is 0 Å². The monoisotopic (exact) mass is 714 g/mol. The summed E-state index contributed by atoms with van der Waals surface area (Å²) >= 11 is 0. The smallest absolute Gasteiger partial charge is 0.0561 e. The fourth-order valence-electron chi connectivity index (χ4n) is 8.10. The van der Waals surface area contributed by atoms with Gasteiger partial charge in [-0.15, -0.1) is 0 Å². The van der Waals surface area contributed by atoms with Crippen molar-refractivity contribution < 1.29 is 0 Å². The van der Waals surface area contributed by atoms with Crippen LogP contribution in [0.5, 0.6) is 0 Å². The molecule has 0 bridgehead atoms. The normalized spacial score (nSPS) is 11.2. The molecule has 0 fully saturated rings. The highest BCUT2D eigenvalue weighted by molar-refractivity contribution is 6.10. The van der Waals surface area contributed by atoms with E-state index in [1.54, 1.807) is 0 Å². The van der Waals surface area contributed by atoms with E-state index in [-0.39, 0.29) is 0 Å². The van der Waals surface area contributed by atoms with E-state index < -0.39 is 0 Å². The highest BCUT2D eigenvalue weighted by Crippen LogP contribution is 2.45. The first kappa shape index (κ1) is 33.2. The van der Waals surface area contributed by atoms with Gasteiger partial charge < -0.3 is 9.47 Å². The van der Waals surface area contributed by atoms with Crippen LogP contribution >= 0.6 is 0 Å². The van der Waals surface area contributed by atoms with E-state index >= 15 is 0 Å². The molecule has 0 atom stereocenters. The fourth-order valence-corrected chi connectivity index (χ4v) is 8.10. The molecule has 0 saturated heterocycles. The molecule has 0 radical (unpaired) electrons. The molecule has 1 aromatic heterocycles. The number of para-hydroxylation sites is 3. The molecule has 10 aromatic rings.